The predicted octanol–water partition coefficient (Wildman–Crippen LogP) is 4.28. The first-order chi connectivity index (χ1) is 17.2. The lowest BCUT2D eigenvalue weighted by Crippen LogP contribution is -2.38. The minimum Gasteiger partial charge on any atom is -0.459 e. The normalized spacial score (nSPS) is 14.5. The fourth-order valence-electron chi connectivity index (χ4n) is 3.82. The van der Waals surface area contributed by atoms with Crippen LogP contribution in [0.2, 0.25) is 0 Å². The van der Waals surface area contributed by atoms with Crippen LogP contribution in [0.25, 0.3) is 0 Å². The summed E-state index contributed by atoms with van der Waals surface area (Å²) in [5.41, 5.74) is 8.64. The lowest BCUT2D eigenvalue weighted by Gasteiger charge is -2.29. The van der Waals surface area contributed by atoms with Gasteiger partial charge in [-0.15, -0.1) is 0 Å². The van der Waals surface area contributed by atoms with Crippen molar-refractivity contribution in [3.8, 4) is 0 Å². The molecule has 3 rings (SSSR count). The average molecular weight is 509 g/mol. The number of benzene rings is 2. The lowest BCUT2D eigenvalue weighted by atomic mass is 9.99. The van der Waals surface area contributed by atoms with Crippen LogP contribution >= 0.6 is 0 Å². The van der Waals surface area contributed by atoms with Crippen LogP contribution < -0.4 is 11.1 Å². The van der Waals surface area contributed by atoms with Gasteiger partial charge in [-0.1, -0.05) is 18.2 Å². The monoisotopic (exact) mass is 508 g/mol. The van der Waals surface area contributed by atoms with Crippen LogP contribution in [0.4, 0.5) is 10.5 Å². The molecule has 0 spiro atoms. The molecule has 0 bridgehead atoms. The van der Waals surface area contributed by atoms with E-state index < -0.39 is 17.3 Å². The summed E-state index contributed by atoms with van der Waals surface area (Å²) in [4.78, 5) is 42.6. The van der Waals surface area contributed by atoms with E-state index in [0.717, 1.165) is 24.1 Å². The summed E-state index contributed by atoms with van der Waals surface area (Å²) in [7, 11) is 0. The van der Waals surface area contributed by atoms with Crippen molar-refractivity contribution in [2.45, 2.75) is 65.7 Å². The number of nitrogens with one attached hydrogen (secondary N) is 1. The Kier molecular flexibility index (Phi) is 8.38. The topological polar surface area (TPSA) is 123 Å². The Balaban J connectivity index is 1.59. The van der Waals surface area contributed by atoms with Crippen LogP contribution in [-0.4, -0.2) is 53.0 Å². The molecule has 1 aliphatic heterocycles. The number of aliphatic imine (C=N–C) groups is 1. The molecule has 0 radical (unpaired) electrons. The number of hydrogen-bond acceptors (Lipinski definition) is 6. The average Bonchev–Trinajstić information content (AvgIpc) is 2.76. The third-order valence-electron chi connectivity index (χ3n) is 5.38. The highest BCUT2D eigenvalue weighted by Crippen LogP contribution is 2.23. The van der Waals surface area contributed by atoms with E-state index in [4.69, 9.17) is 15.2 Å². The van der Waals surface area contributed by atoms with Gasteiger partial charge in [0.25, 0.3) is 5.91 Å². The summed E-state index contributed by atoms with van der Waals surface area (Å²) in [5.74, 6) is -0.489. The number of amidine groups is 1. The van der Waals surface area contributed by atoms with Gasteiger partial charge < -0.3 is 20.5 Å². The molecule has 9 heteroatoms. The fraction of sp³-hybridized carbons (Fsp3) is 0.429. The van der Waals surface area contributed by atoms with Gasteiger partial charge in [0, 0.05) is 29.9 Å². The van der Waals surface area contributed by atoms with Gasteiger partial charge in [0.2, 0.25) is 0 Å². The molecule has 0 fully saturated rings. The Morgan fingerprint density at radius 1 is 0.919 bits per heavy atom. The predicted molar refractivity (Wildman–Crippen MR) is 143 cm³/mol. The largest absolute Gasteiger partial charge is 0.459 e. The van der Waals surface area contributed by atoms with Crippen molar-refractivity contribution in [3.63, 3.8) is 0 Å². The van der Waals surface area contributed by atoms with Crippen LogP contribution in [0.5, 0.6) is 0 Å². The summed E-state index contributed by atoms with van der Waals surface area (Å²) >= 11 is 0. The van der Waals surface area contributed by atoms with Gasteiger partial charge in [-0.3, -0.25) is 14.5 Å². The number of esters is 1. The molecule has 9 nitrogen and oxygen atoms in total. The van der Waals surface area contributed by atoms with E-state index in [1.54, 1.807) is 45.0 Å². The smallest absolute Gasteiger partial charge is 0.436 e. The van der Waals surface area contributed by atoms with Crippen LogP contribution in [0, 0.1) is 0 Å². The summed E-state index contributed by atoms with van der Waals surface area (Å²) < 4.78 is 10.6. The van der Waals surface area contributed by atoms with Crippen LogP contribution in [0.3, 0.4) is 0 Å². The van der Waals surface area contributed by atoms with E-state index in [1.165, 1.54) is 0 Å². The molecular formula is C28H36N4O5. The van der Waals surface area contributed by atoms with E-state index in [-0.39, 0.29) is 24.3 Å². The van der Waals surface area contributed by atoms with Gasteiger partial charge in [-0.2, -0.15) is 4.99 Å². The summed E-state index contributed by atoms with van der Waals surface area (Å²) in [6.07, 6.45) is -0.000487. The molecule has 3 N–H and O–H groups in total. The molecule has 2 amide bonds. The molecule has 0 atom stereocenters. The number of fused-ring (bicyclic) bond motifs is 1. The zero-order valence-corrected chi connectivity index (χ0v) is 22.4. The third-order valence-corrected chi connectivity index (χ3v) is 5.38. The number of rotatable bonds is 5. The number of hydrogen-bond donors (Lipinski definition) is 2. The van der Waals surface area contributed by atoms with Gasteiger partial charge >= 0.3 is 12.1 Å². The van der Waals surface area contributed by atoms with E-state index in [9.17, 15) is 14.4 Å². The van der Waals surface area contributed by atoms with Crippen LogP contribution in [0.1, 0.15) is 68.6 Å². The minimum absolute atomic E-state index is 0.0107. The number of nitrogens with zero attached hydrogens (tertiary/aromatic N) is 2. The van der Waals surface area contributed by atoms with Gasteiger partial charge in [0.15, 0.2) is 0 Å². The molecule has 198 valence electrons. The van der Waals surface area contributed by atoms with E-state index >= 15 is 0 Å². The Morgan fingerprint density at radius 3 is 2.16 bits per heavy atom. The highest BCUT2D eigenvalue weighted by molar-refractivity contribution is 6.06. The van der Waals surface area contributed by atoms with Gasteiger partial charge in [-0.05, 0) is 83.4 Å². The number of anilines is 1. The first-order valence-electron chi connectivity index (χ1n) is 12.2. The number of carbonyl (C=O) groups excluding carboxylic acids is 3. The number of ether oxygens (including phenoxy) is 2. The Bertz CT molecular complexity index is 1190. The lowest BCUT2D eigenvalue weighted by molar-refractivity contribution is -0.156. The van der Waals surface area contributed by atoms with Gasteiger partial charge in [-0.25, -0.2) is 4.79 Å². The first-order valence-corrected chi connectivity index (χ1v) is 12.2. The summed E-state index contributed by atoms with van der Waals surface area (Å²) in [6.45, 7) is 12.4. The number of nitrogens with two attached hydrogens (primary N) is 1. The standard InChI is InChI=1S/C28H36N4O5/c1-27(2,3)36-23(33)17-32-14-13-20-15-22(12-11-21(20)16-32)30-25(34)19-9-7-18(8-10-19)24(29)31-26(35)37-28(4,5)6/h7-12,15H,13-14,16-17H2,1-6H3,(H,30,34)(H2,29,31,35). The molecule has 1 aliphatic rings. The van der Waals surface area contributed by atoms with Crippen molar-refractivity contribution in [1.29, 1.82) is 0 Å². The molecule has 2 aromatic carbocycles. The third kappa shape index (κ3) is 8.71. The van der Waals surface area contributed by atoms with Crippen molar-refractivity contribution < 1.29 is 23.9 Å². The molecule has 0 saturated carbocycles. The quantitative estimate of drug-likeness (QED) is 0.351. The Morgan fingerprint density at radius 2 is 1.54 bits per heavy atom. The van der Waals surface area contributed by atoms with Gasteiger partial charge in [0.1, 0.15) is 17.0 Å². The molecule has 37 heavy (non-hydrogen) atoms. The summed E-state index contributed by atoms with van der Waals surface area (Å²) in [5, 5.41) is 2.92. The first kappa shape index (κ1) is 27.9. The SMILES string of the molecule is CC(C)(C)OC(=O)CN1CCc2cc(NC(=O)c3ccc(/C(N)=N/C(=O)OC(C)(C)C)cc3)ccc2C1. The van der Waals surface area contributed by atoms with Crippen molar-refractivity contribution in [1.82, 2.24) is 4.90 Å². The second-order valence-corrected chi connectivity index (χ2v) is 11.0. The van der Waals surface area contributed by atoms with Crippen molar-refractivity contribution >= 4 is 29.5 Å². The minimum atomic E-state index is -0.771. The molecular weight excluding hydrogens is 472 g/mol. The number of carbonyl (C=O) groups is 3. The molecule has 0 saturated heterocycles. The maximum Gasteiger partial charge on any atom is 0.436 e. The molecule has 0 aromatic heterocycles. The van der Waals surface area contributed by atoms with Crippen molar-refractivity contribution in [2.24, 2.45) is 10.7 Å². The zero-order chi connectivity index (χ0) is 27.4. The highest BCUT2D eigenvalue weighted by Gasteiger charge is 2.23. The maximum atomic E-state index is 12.8. The Hall–Kier alpha value is -3.72. The molecule has 2 aromatic rings. The molecule has 0 unspecified atom stereocenters. The highest BCUT2D eigenvalue weighted by atomic mass is 16.6. The van der Waals surface area contributed by atoms with E-state index in [0.29, 0.717) is 23.4 Å². The van der Waals surface area contributed by atoms with Gasteiger partial charge in [0.05, 0.1) is 6.54 Å². The van der Waals surface area contributed by atoms with Crippen molar-refractivity contribution in [2.75, 3.05) is 18.4 Å². The second kappa shape index (κ2) is 11.1. The van der Waals surface area contributed by atoms with E-state index in [2.05, 4.69) is 15.2 Å². The molecule has 0 aliphatic carbocycles. The molecule has 1 heterocycles. The van der Waals surface area contributed by atoms with Crippen LogP contribution in [0.15, 0.2) is 47.5 Å². The Labute approximate surface area is 218 Å². The zero-order valence-electron chi connectivity index (χ0n) is 22.4. The maximum absolute atomic E-state index is 12.8. The van der Waals surface area contributed by atoms with Crippen molar-refractivity contribution in [3.05, 3.63) is 64.7 Å². The fourth-order valence-corrected chi connectivity index (χ4v) is 3.82. The van der Waals surface area contributed by atoms with E-state index in [1.807, 2.05) is 39.0 Å². The van der Waals surface area contributed by atoms with Crippen LogP contribution in [-0.2, 0) is 27.2 Å². The number of amides is 2. The summed E-state index contributed by atoms with van der Waals surface area (Å²) in [6, 6.07) is 12.3. The second-order valence-electron chi connectivity index (χ2n) is 11.0.